The summed E-state index contributed by atoms with van der Waals surface area (Å²) in [5.41, 5.74) is -0.498. The average molecular weight is 355 g/mol. The monoisotopic (exact) mass is 355 g/mol. The second-order valence-corrected chi connectivity index (χ2v) is 7.19. The van der Waals surface area contributed by atoms with Crippen molar-refractivity contribution in [3.63, 3.8) is 0 Å². The van der Waals surface area contributed by atoms with E-state index in [1.165, 1.54) is 11.8 Å². The van der Waals surface area contributed by atoms with Crippen molar-refractivity contribution < 1.29 is 19.0 Å². The van der Waals surface area contributed by atoms with Gasteiger partial charge in [0.1, 0.15) is 11.7 Å². The van der Waals surface area contributed by atoms with Gasteiger partial charge in [0.2, 0.25) is 11.8 Å². The Hall–Kier alpha value is -1.70. The third-order valence-corrected chi connectivity index (χ3v) is 3.77. The van der Waals surface area contributed by atoms with Crippen LogP contribution in [0, 0.1) is 0 Å². The zero-order valence-electron chi connectivity index (χ0n) is 14.9. The topological polar surface area (TPSA) is 73.8 Å². The Morgan fingerprint density at radius 3 is 2.71 bits per heavy atom. The molecule has 0 aliphatic carbocycles. The van der Waals surface area contributed by atoms with Crippen molar-refractivity contribution in [1.82, 2.24) is 14.9 Å². The van der Waals surface area contributed by atoms with Gasteiger partial charge in [0.15, 0.2) is 5.16 Å². The Kier molecular flexibility index (Phi) is 6.15. The average Bonchev–Trinajstić information content (AvgIpc) is 2.94. The molecule has 8 heteroatoms. The molecule has 0 aromatic carbocycles. The largest absolute Gasteiger partial charge is 0.478 e. The minimum absolute atomic E-state index is 0.114. The highest BCUT2D eigenvalue weighted by Crippen LogP contribution is 2.24. The zero-order chi connectivity index (χ0) is 17.7. The van der Waals surface area contributed by atoms with Gasteiger partial charge < -0.3 is 19.1 Å². The van der Waals surface area contributed by atoms with Gasteiger partial charge in [0.25, 0.3) is 0 Å². The first-order valence-corrected chi connectivity index (χ1v) is 9.23. The summed E-state index contributed by atoms with van der Waals surface area (Å²) in [6.45, 7) is 9.09. The molecule has 0 spiro atoms. The summed E-state index contributed by atoms with van der Waals surface area (Å²) in [5, 5.41) is 0.595. The molecule has 1 aliphatic rings. The molecule has 1 aromatic heterocycles. The number of likely N-dealkylation sites (tertiary alicyclic amines) is 1. The Balaban J connectivity index is 1.97. The molecule has 1 aliphatic heterocycles. The van der Waals surface area contributed by atoms with Crippen LogP contribution < -0.4 is 9.47 Å². The highest BCUT2D eigenvalue weighted by atomic mass is 32.2. The lowest BCUT2D eigenvalue weighted by molar-refractivity contribution is 0.0274. The lowest BCUT2D eigenvalue weighted by atomic mass is 10.2. The number of rotatable bonds is 5. The van der Waals surface area contributed by atoms with Crippen LogP contribution in [0.5, 0.6) is 11.8 Å². The molecule has 1 amide bonds. The molecule has 134 valence electrons. The number of aromatic nitrogens is 2. The summed E-state index contributed by atoms with van der Waals surface area (Å²) < 4.78 is 16.8. The highest BCUT2D eigenvalue weighted by molar-refractivity contribution is 7.98. The molecular formula is C16H25N3O4S. The maximum absolute atomic E-state index is 12.1. The van der Waals surface area contributed by atoms with Crippen LogP contribution in [0.25, 0.3) is 0 Å². The number of carbonyl (C=O) groups excluding carboxylic acids is 1. The van der Waals surface area contributed by atoms with Gasteiger partial charge >= 0.3 is 6.09 Å². The molecule has 1 fully saturated rings. The van der Waals surface area contributed by atoms with Crippen LogP contribution in [0.4, 0.5) is 4.79 Å². The fourth-order valence-corrected chi connectivity index (χ4v) is 2.61. The fourth-order valence-electron chi connectivity index (χ4n) is 2.24. The van der Waals surface area contributed by atoms with E-state index < -0.39 is 5.60 Å². The van der Waals surface area contributed by atoms with Crippen molar-refractivity contribution in [2.45, 2.75) is 51.0 Å². The van der Waals surface area contributed by atoms with Crippen LogP contribution in [-0.2, 0) is 4.74 Å². The fraction of sp³-hybridized carbons (Fsp3) is 0.688. The predicted octanol–water partition coefficient (Wildman–Crippen LogP) is 2.99. The summed E-state index contributed by atoms with van der Waals surface area (Å²) in [6.07, 6.45) is 2.21. The summed E-state index contributed by atoms with van der Waals surface area (Å²) in [7, 11) is 0. The zero-order valence-corrected chi connectivity index (χ0v) is 15.7. The maximum Gasteiger partial charge on any atom is 0.410 e. The van der Waals surface area contributed by atoms with Crippen molar-refractivity contribution in [3.8, 4) is 11.8 Å². The molecule has 7 nitrogen and oxygen atoms in total. The van der Waals surface area contributed by atoms with E-state index in [0.29, 0.717) is 36.6 Å². The minimum atomic E-state index is -0.498. The highest BCUT2D eigenvalue weighted by Gasteiger charge is 2.31. The lowest BCUT2D eigenvalue weighted by Gasteiger charge is -2.24. The second kappa shape index (κ2) is 7.92. The van der Waals surface area contributed by atoms with Crippen LogP contribution in [0.2, 0.25) is 0 Å². The first-order chi connectivity index (χ1) is 11.3. The molecule has 1 aromatic rings. The number of amides is 1. The smallest absolute Gasteiger partial charge is 0.410 e. The first kappa shape index (κ1) is 18.6. The molecule has 2 heterocycles. The Labute approximate surface area is 147 Å². The number of hydrogen-bond donors (Lipinski definition) is 0. The number of hydrogen-bond acceptors (Lipinski definition) is 7. The number of thioether (sulfide) groups is 1. The van der Waals surface area contributed by atoms with Crippen molar-refractivity contribution in [2.75, 3.05) is 26.0 Å². The molecule has 1 unspecified atom stereocenters. The summed E-state index contributed by atoms with van der Waals surface area (Å²) in [6, 6.07) is 1.68. The second-order valence-electron chi connectivity index (χ2n) is 6.42. The summed E-state index contributed by atoms with van der Waals surface area (Å²) in [5.74, 6) is 0.961. The minimum Gasteiger partial charge on any atom is -0.478 e. The first-order valence-electron chi connectivity index (χ1n) is 8.01. The van der Waals surface area contributed by atoms with Gasteiger partial charge in [-0.05, 0) is 34.0 Å². The van der Waals surface area contributed by atoms with Gasteiger partial charge in [-0.25, -0.2) is 4.79 Å². The molecule has 1 saturated heterocycles. The Bertz CT molecular complexity index is 577. The van der Waals surface area contributed by atoms with Gasteiger partial charge in [0, 0.05) is 13.0 Å². The molecule has 0 radical (unpaired) electrons. The Morgan fingerprint density at radius 2 is 2.08 bits per heavy atom. The van der Waals surface area contributed by atoms with Crippen molar-refractivity contribution in [1.29, 1.82) is 0 Å². The number of carbonyl (C=O) groups is 1. The quantitative estimate of drug-likeness (QED) is 0.594. The van der Waals surface area contributed by atoms with Gasteiger partial charge in [-0.1, -0.05) is 11.8 Å². The lowest BCUT2D eigenvalue weighted by Crippen LogP contribution is -2.36. The van der Waals surface area contributed by atoms with E-state index in [0.717, 1.165) is 6.42 Å². The van der Waals surface area contributed by atoms with Crippen molar-refractivity contribution in [2.24, 2.45) is 0 Å². The molecule has 0 N–H and O–H groups in total. The van der Waals surface area contributed by atoms with Gasteiger partial charge in [0.05, 0.1) is 19.2 Å². The van der Waals surface area contributed by atoms with E-state index in [2.05, 4.69) is 9.97 Å². The summed E-state index contributed by atoms with van der Waals surface area (Å²) >= 11 is 1.43. The van der Waals surface area contributed by atoms with Gasteiger partial charge in [-0.3, -0.25) is 0 Å². The molecule has 0 saturated carbocycles. The van der Waals surface area contributed by atoms with E-state index in [4.69, 9.17) is 14.2 Å². The third kappa shape index (κ3) is 5.43. The standard InChI is InChI=1S/C16H25N3O4S/c1-6-21-12-9-13(18-14(17-12)24-5)22-11-7-8-19(10-11)15(20)23-16(2,3)4/h9,11H,6-8,10H2,1-5H3. The maximum atomic E-state index is 12.1. The van der Waals surface area contributed by atoms with E-state index in [1.54, 1.807) is 11.0 Å². The van der Waals surface area contributed by atoms with Crippen LogP contribution in [0.15, 0.2) is 11.2 Å². The van der Waals surface area contributed by atoms with Crippen LogP contribution >= 0.6 is 11.8 Å². The van der Waals surface area contributed by atoms with E-state index >= 15 is 0 Å². The molecule has 24 heavy (non-hydrogen) atoms. The van der Waals surface area contributed by atoms with Crippen molar-refractivity contribution in [3.05, 3.63) is 6.07 Å². The number of nitrogens with zero attached hydrogens (tertiary/aromatic N) is 3. The van der Waals surface area contributed by atoms with Gasteiger partial charge in [-0.2, -0.15) is 9.97 Å². The van der Waals surface area contributed by atoms with Crippen LogP contribution in [0.3, 0.4) is 0 Å². The molecule has 1 atom stereocenters. The van der Waals surface area contributed by atoms with Crippen molar-refractivity contribution >= 4 is 17.9 Å². The van der Waals surface area contributed by atoms with E-state index in [1.807, 2.05) is 34.0 Å². The Morgan fingerprint density at radius 1 is 1.38 bits per heavy atom. The van der Waals surface area contributed by atoms with E-state index in [-0.39, 0.29) is 12.2 Å². The van der Waals surface area contributed by atoms with Crippen LogP contribution in [-0.4, -0.2) is 58.6 Å². The summed E-state index contributed by atoms with van der Waals surface area (Å²) in [4.78, 5) is 22.4. The van der Waals surface area contributed by atoms with Crippen LogP contribution in [0.1, 0.15) is 34.1 Å². The molecule has 0 bridgehead atoms. The van der Waals surface area contributed by atoms with Gasteiger partial charge in [-0.15, -0.1) is 0 Å². The SMILES string of the molecule is CCOc1cc(OC2CCN(C(=O)OC(C)(C)C)C2)nc(SC)n1. The third-order valence-electron chi connectivity index (χ3n) is 3.22. The molecular weight excluding hydrogens is 330 g/mol. The van der Waals surface area contributed by atoms with E-state index in [9.17, 15) is 4.79 Å². The molecule has 2 rings (SSSR count). The number of ether oxygens (including phenoxy) is 3. The normalized spacial score (nSPS) is 17.7. The predicted molar refractivity (Wildman–Crippen MR) is 91.8 cm³/mol.